The van der Waals surface area contributed by atoms with E-state index in [1.807, 2.05) is 0 Å². The lowest BCUT2D eigenvalue weighted by atomic mass is 10.9. The summed E-state index contributed by atoms with van der Waals surface area (Å²) in [5.41, 5.74) is -0.156. The van der Waals surface area contributed by atoms with Crippen LogP contribution in [0, 0.1) is 6.20 Å². The minimum atomic E-state index is -0.156. The highest BCUT2D eigenvalue weighted by molar-refractivity contribution is 9.10. The molecule has 1 N–H and O–H groups in total. The zero-order valence-electron chi connectivity index (χ0n) is 4.23. The second kappa shape index (κ2) is 1.78. The van der Waals surface area contributed by atoms with Crippen LogP contribution in [0.1, 0.15) is 0 Å². The van der Waals surface area contributed by atoms with Gasteiger partial charge in [0.1, 0.15) is 10.8 Å². The molecular formula is C4H4BrN2O. The van der Waals surface area contributed by atoms with Gasteiger partial charge in [-0.3, -0.25) is 9.55 Å². The number of rotatable bonds is 0. The molecule has 3 nitrogen and oxygen atoms in total. The van der Waals surface area contributed by atoms with Crippen molar-refractivity contribution in [2.24, 2.45) is 7.05 Å². The summed E-state index contributed by atoms with van der Waals surface area (Å²) in [6.45, 7) is 0. The molecule has 0 amide bonds. The third-order valence-electron chi connectivity index (χ3n) is 0.787. The van der Waals surface area contributed by atoms with Gasteiger partial charge in [0.25, 0.3) is 0 Å². The Bertz CT molecular complexity index is 236. The Kier molecular flexibility index (Phi) is 1.25. The summed E-state index contributed by atoms with van der Waals surface area (Å²) in [5, 5.41) is 0. The van der Waals surface area contributed by atoms with Crippen molar-refractivity contribution < 1.29 is 0 Å². The summed E-state index contributed by atoms with van der Waals surface area (Å²) in [7, 11) is 1.63. The Hall–Kier alpha value is -0.510. The smallest absolute Gasteiger partial charge is 0.300 e. The van der Waals surface area contributed by atoms with Gasteiger partial charge in [-0.15, -0.1) is 0 Å². The molecule has 0 spiro atoms. The van der Waals surface area contributed by atoms with Crippen molar-refractivity contribution in [3.63, 3.8) is 0 Å². The minimum Gasteiger partial charge on any atom is -0.300 e. The van der Waals surface area contributed by atoms with Crippen LogP contribution in [0.25, 0.3) is 0 Å². The average molecular weight is 176 g/mol. The maximum absolute atomic E-state index is 10.5. The lowest BCUT2D eigenvalue weighted by Crippen LogP contribution is -2.11. The largest absolute Gasteiger partial charge is 0.326 e. The van der Waals surface area contributed by atoms with Crippen molar-refractivity contribution in [2.45, 2.75) is 0 Å². The van der Waals surface area contributed by atoms with Gasteiger partial charge in [-0.05, 0) is 15.9 Å². The van der Waals surface area contributed by atoms with Crippen LogP contribution in [-0.2, 0) is 7.05 Å². The molecule has 0 atom stereocenters. The average Bonchev–Trinajstić information content (AvgIpc) is 1.85. The van der Waals surface area contributed by atoms with Gasteiger partial charge in [-0.2, -0.15) is 0 Å². The number of aryl methyl sites for hydroxylation is 1. The third kappa shape index (κ3) is 0.838. The first-order chi connectivity index (χ1) is 3.70. The summed E-state index contributed by atoms with van der Waals surface area (Å²) in [6, 6.07) is 0. The SMILES string of the molecule is Cn1[c]c(Br)[nH]c1=O. The van der Waals surface area contributed by atoms with Gasteiger partial charge >= 0.3 is 5.69 Å². The molecule has 0 saturated heterocycles. The van der Waals surface area contributed by atoms with E-state index in [0.29, 0.717) is 4.60 Å². The van der Waals surface area contributed by atoms with Crippen LogP contribution in [-0.4, -0.2) is 9.55 Å². The topological polar surface area (TPSA) is 37.8 Å². The fraction of sp³-hybridized carbons (Fsp3) is 0.250. The van der Waals surface area contributed by atoms with Crippen molar-refractivity contribution in [2.75, 3.05) is 0 Å². The number of hydrogen-bond donors (Lipinski definition) is 1. The van der Waals surface area contributed by atoms with Gasteiger partial charge < -0.3 is 0 Å². The first kappa shape index (κ1) is 5.62. The Balaban J connectivity index is 3.35. The van der Waals surface area contributed by atoms with Gasteiger partial charge in [-0.25, -0.2) is 4.79 Å². The predicted molar refractivity (Wildman–Crippen MR) is 32.6 cm³/mol. The Labute approximate surface area is 54.5 Å². The molecule has 0 aromatic carbocycles. The number of hydrogen-bond acceptors (Lipinski definition) is 1. The molecule has 0 aliphatic heterocycles. The quantitative estimate of drug-likeness (QED) is 0.605. The lowest BCUT2D eigenvalue weighted by Gasteiger charge is -1.75. The number of aromatic nitrogens is 2. The highest BCUT2D eigenvalue weighted by atomic mass is 79.9. The monoisotopic (exact) mass is 175 g/mol. The van der Waals surface area contributed by atoms with Crippen LogP contribution < -0.4 is 5.69 Å². The second-order valence-electron chi connectivity index (χ2n) is 1.41. The number of nitrogens with zero attached hydrogens (tertiary/aromatic N) is 1. The summed E-state index contributed by atoms with van der Waals surface area (Å²) in [4.78, 5) is 13.0. The van der Waals surface area contributed by atoms with E-state index >= 15 is 0 Å². The molecule has 4 heteroatoms. The van der Waals surface area contributed by atoms with E-state index in [1.165, 1.54) is 4.57 Å². The molecule has 0 aliphatic rings. The van der Waals surface area contributed by atoms with E-state index in [9.17, 15) is 4.79 Å². The molecule has 1 aromatic rings. The molecule has 1 radical (unpaired) electrons. The van der Waals surface area contributed by atoms with E-state index in [4.69, 9.17) is 0 Å². The fourth-order valence-corrected chi connectivity index (χ4v) is 0.839. The Morgan fingerprint density at radius 1 is 1.88 bits per heavy atom. The second-order valence-corrected chi connectivity index (χ2v) is 2.21. The maximum atomic E-state index is 10.5. The zero-order valence-corrected chi connectivity index (χ0v) is 5.82. The summed E-state index contributed by atoms with van der Waals surface area (Å²) in [6.07, 6.45) is 2.67. The van der Waals surface area contributed by atoms with Crippen LogP contribution in [0.5, 0.6) is 0 Å². The van der Waals surface area contributed by atoms with Gasteiger partial charge in [0.15, 0.2) is 0 Å². The van der Waals surface area contributed by atoms with Crippen LogP contribution in [0.4, 0.5) is 0 Å². The van der Waals surface area contributed by atoms with E-state index < -0.39 is 0 Å². The summed E-state index contributed by atoms with van der Waals surface area (Å²) in [5.74, 6) is 0. The molecule has 0 fully saturated rings. The van der Waals surface area contributed by atoms with Crippen molar-refractivity contribution in [1.29, 1.82) is 0 Å². The van der Waals surface area contributed by atoms with Crippen molar-refractivity contribution >= 4 is 15.9 Å². The standard InChI is InChI=1S/C4H4BrN2O/c1-7-2-3(5)6-4(7)8/h1H3,(H,6,8). The van der Waals surface area contributed by atoms with Gasteiger partial charge in [-0.1, -0.05) is 0 Å². The summed E-state index contributed by atoms with van der Waals surface area (Å²) < 4.78 is 1.93. The zero-order chi connectivity index (χ0) is 6.15. The molecule has 0 aliphatic carbocycles. The molecule has 43 valence electrons. The van der Waals surface area contributed by atoms with Crippen LogP contribution in [0.2, 0.25) is 0 Å². The first-order valence-corrected chi connectivity index (χ1v) is 2.83. The summed E-state index contributed by atoms with van der Waals surface area (Å²) >= 11 is 3.05. The normalized spacial score (nSPS) is 9.75. The van der Waals surface area contributed by atoms with Crippen molar-refractivity contribution in [1.82, 2.24) is 9.55 Å². The molecule has 1 rings (SSSR count). The van der Waals surface area contributed by atoms with E-state index in [2.05, 4.69) is 27.1 Å². The highest BCUT2D eigenvalue weighted by Crippen LogP contribution is 1.97. The number of aromatic amines is 1. The minimum absolute atomic E-state index is 0.156. The highest BCUT2D eigenvalue weighted by Gasteiger charge is 1.92. The van der Waals surface area contributed by atoms with E-state index in [1.54, 1.807) is 7.05 Å². The molecule has 0 saturated carbocycles. The van der Waals surface area contributed by atoms with Crippen LogP contribution in [0.3, 0.4) is 0 Å². The molecule has 8 heavy (non-hydrogen) atoms. The van der Waals surface area contributed by atoms with Gasteiger partial charge in [0, 0.05) is 7.05 Å². The molecular weight excluding hydrogens is 172 g/mol. The van der Waals surface area contributed by atoms with Crippen molar-refractivity contribution in [3.8, 4) is 0 Å². The van der Waals surface area contributed by atoms with Crippen LogP contribution >= 0.6 is 15.9 Å². The lowest BCUT2D eigenvalue weighted by molar-refractivity contribution is 0.856. The van der Waals surface area contributed by atoms with E-state index in [-0.39, 0.29) is 5.69 Å². The molecule has 1 heterocycles. The molecule has 0 bridgehead atoms. The van der Waals surface area contributed by atoms with Crippen molar-refractivity contribution in [3.05, 3.63) is 21.3 Å². The number of imidazole rings is 1. The fourth-order valence-electron chi connectivity index (χ4n) is 0.404. The van der Waals surface area contributed by atoms with Crippen LogP contribution in [0.15, 0.2) is 9.40 Å². The first-order valence-electron chi connectivity index (χ1n) is 2.04. The van der Waals surface area contributed by atoms with E-state index in [0.717, 1.165) is 0 Å². The number of nitrogens with one attached hydrogen (secondary N) is 1. The molecule has 0 unspecified atom stereocenters. The maximum Gasteiger partial charge on any atom is 0.326 e. The predicted octanol–water partition coefficient (Wildman–Crippen LogP) is 0.276. The number of halogens is 1. The molecule has 1 aromatic heterocycles. The van der Waals surface area contributed by atoms with Gasteiger partial charge in [0.05, 0.1) is 0 Å². The van der Waals surface area contributed by atoms with Gasteiger partial charge in [0.2, 0.25) is 0 Å². The third-order valence-corrected chi connectivity index (χ3v) is 1.16. The number of H-pyrrole nitrogens is 1. The Morgan fingerprint density at radius 3 is 2.62 bits per heavy atom. The Morgan fingerprint density at radius 2 is 2.50 bits per heavy atom.